The average Bonchev–Trinajstić information content (AvgIpc) is 2.89. The Kier molecular flexibility index (Phi) is 3.86. The first kappa shape index (κ1) is 12.2. The van der Waals surface area contributed by atoms with Crippen LogP contribution in [-0.4, -0.2) is 24.2 Å². The predicted molar refractivity (Wildman–Crippen MR) is 65.8 cm³/mol. The van der Waals surface area contributed by atoms with Crippen molar-refractivity contribution in [1.82, 2.24) is 19.1 Å². The molecule has 0 aliphatic carbocycles. The van der Waals surface area contributed by atoms with Gasteiger partial charge in [-0.1, -0.05) is 17.8 Å². The first-order valence-corrected chi connectivity index (χ1v) is 6.45. The van der Waals surface area contributed by atoms with Crippen LogP contribution >= 0.6 is 11.5 Å². The minimum atomic E-state index is -0.558. The Labute approximate surface area is 104 Å². The quantitative estimate of drug-likeness (QED) is 0.876. The van der Waals surface area contributed by atoms with Gasteiger partial charge in [0, 0.05) is 25.9 Å². The van der Waals surface area contributed by atoms with E-state index >= 15 is 0 Å². The number of aliphatic hydroxyl groups excluding tert-OH is 1. The fourth-order valence-corrected chi connectivity index (χ4v) is 2.42. The molecular formula is C11H16N4OS. The molecule has 1 atom stereocenters. The molecule has 92 valence electrons. The van der Waals surface area contributed by atoms with Gasteiger partial charge in [0.05, 0.1) is 16.7 Å². The maximum absolute atomic E-state index is 10.2. The summed E-state index contributed by atoms with van der Waals surface area (Å²) in [5, 5.41) is 14.3. The van der Waals surface area contributed by atoms with Crippen molar-refractivity contribution >= 4 is 11.5 Å². The minimum absolute atomic E-state index is 0.504. The molecule has 17 heavy (non-hydrogen) atoms. The molecule has 0 bridgehead atoms. The highest BCUT2D eigenvalue weighted by Gasteiger charge is 2.18. The van der Waals surface area contributed by atoms with Gasteiger partial charge in [0.25, 0.3) is 0 Å². The molecule has 0 aliphatic heterocycles. The van der Waals surface area contributed by atoms with Gasteiger partial charge in [0.1, 0.15) is 5.82 Å². The molecule has 0 saturated carbocycles. The van der Waals surface area contributed by atoms with E-state index in [-0.39, 0.29) is 0 Å². The van der Waals surface area contributed by atoms with E-state index < -0.39 is 6.10 Å². The molecule has 2 aromatic rings. The third kappa shape index (κ3) is 2.70. The molecule has 2 aromatic heterocycles. The molecule has 0 aromatic carbocycles. The van der Waals surface area contributed by atoms with E-state index in [1.807, 2.05) is 17.8 Å². The summed E-state index contributed by atoms with van der Waals surface area (Å²) in [5.74, 6) is 0.869. The van der Waals surface area contributed by atoms with Gasteiger partial charge in [-0.15, -0.1) is 5.10 Å². The molecular weight excluding hydrogens is 236 g/mol. The van der Waals surface area contributed by atoms with Gasteiger partial charge in [-0.25, -0.2) is 4.98 Å². The summed E-state index contributed by atoms with van der Waals surface area (Å²) in [4.78, 5) is 5.08. The first-order valence-electron chi connectivity index (χ1n) is 5.67. The van der Waals surface area contributed by atoms with E-state index in [0.717, 1.165) is 29.2 Å². The fraction of sp³-hybridized carbons (Fsp3) is 0.545. The Morgan fingerprint density at radius 2 is 2.35 bits per heavy atom. The van der Waals surface area contributed by atoms with E-state index in [2.05, 4.69) is 21.5 Å². The number of imidazole rings is 1. The molecule has 5 nitrogen and oxygen atoms in total. The number of aryl methyl sites for hydroxylation is 2. The summed E-state index contributed by atoms with van der Waals surface area (Å²) < 4.78 is 5.83. The minimum Gasteiger partial charge on any atom is -0.387 e. The Bertz CT molecular complexity index is 479. The van der Waals surface area contributed by atoms with Crippen LogP contribution in [0.2, 0.25) is 0 Å². The van der Waals surface area contributed by atoms with Crippen molar-refractivity contribution in [2.24, 2.45) is 7.05 Å². The topological polar surface area (TPSA) is 63.8 Å². The Morgan fingerprint density at radius 1 is 1.53 bits per heavy atom. The summed E-state index contributed by atoms with van der Waals surface area (Å²) in [6.45, 7) is 2.09. The molecule has 6 heteroatoms. The van der Waals surface area contributed by atoms with Crippen LogP contribution in [0.15, 0.2) is 12.4 Å². The maximum Gasteiger partial charge on any atom is 0.111 e. The molecule has 0 fully saturated rings. The van der Waals surface area contributed by atoms with Gasteiger partial charge in [-0.2, -0.15) is 0 Å². The lowest BCUT2D eigenvalue weighted by molar-refractivity contribution is 0.177. The van der Waals surface area contributed by atoms with Gasteiger partial charge >= 0.3 is 0 Å². The van der Waals surface area contributed by atoms with Crippen molar-refractivity contribution in [2.75, 3.05) is 0 Å². The zero-order valence-electron chi connectivity index (χ0n) is 10.00. The Balaban J connectivity index is 2.11. The smallest absolute Gasteiger partial charge is 0.111 e. The lowest BCUT2D eigenvalue weighted by Crippen LogP contribution is -2.07. The Morgan fingerprint density at radius 3 is 3.00 bits per heavy atom. The van der Waals surface area contributed by atoms with Crippen LogP contribution in [0.3, 0.4) is 0 Å². The summed E-state index contributed by atoms with van der Waals surface area (Å²) in [5.41, 5.74) is 0.916. The summed E-state index contributed by atoms with van der Waals surface area (Å²) in [7, 11) is 1.92. The fourth-order valence-electron chi connectivity index (χ4n) is 1.74. The molecule has 0 spiro atoms. The maximum atomic E-state index is 10.2. The van der Waals surface area contributed by atoms with Crippen molar-refractivity contribution in [1.29, 1.82) is 0 Å². The molecule has 2 rings (SSSR count). The molecule has 0 aliphatic rings. The highest BCUT2D eigenvalue weighted by atomic mass is 32.1. The molecule has 1 N–H and O–H groups in total. The van der Waals surface area contributed by atoms with E-state index in [1.165, 1.54) is 11.5 Å². The van der Waals surface area contributed by atoms with Crippen LogP contribution in [0.25, 0.3) is 0 Å². The summed E-state index contributed by atoms with van der Waals surface area (Å²) in [6.07, 6.45) is 5.43. The molecule has 0 amide bonds. The monoisotopic (exact) mass is 252 g/mol. The van der Waals surface area contributed by atoms with Crippen molar-refractivity contribution in [3.05, 3.63) is 28.8 Å². The van der Waals surface area contributed by atoms with Crippen molar-refractivity contribution in [3.8, 4) is 0 Å². The number of hydrogen-bond donors (Lipinski definition) is 1. The summed E-state index contributed by atoms with van der Waals surface area (Å²) in [6, 6.07) is 0. The van der Waals surface area contributed by atoms with Crippen LogP contribution < -0.4 is 0 Å². The van der Waals surface area contributed by atoms with Crippen LogP contribution in [0.5, 0.6) is 0 Å². The van der Waals surface area contributed by atoms with Crippen LogP contribution in [0, 0.1) is 0 Å². The van der Waals surface area contributed by atoms with Gasteiger partial charge in [-0.3, -0.25) is 0 Å². The second-order valence-electron chi connectivity index (χ2n) is 4.01. The predicted octanol–water partition coefficient (Wildman–Crippen LogP) is 1.50. The van der Waals surface area contributed by atoms with Crippen molar-refractivity contribution in [2.45, 2.75) is 32.3 Å². The van der Waals surface area contributed by atoms with E-state index in [0.29, 0.717) is 6.42 Å². The van der Waals surface area contributed by atoms with E-state index in [4.69, 9.17) is 0 Å². The summed E-state index contributed by atoms with van der Waals surface area (Å²) >= 11 is 1.28. The molecule has 2 heterocycles. The van der Waals surface area contributed by atoms with Crippen LogP contribution in [0.4, 0.5) is 0 Å². The average molecular weight is 252 g/mol. The highest BCUT2D eigenvalue weighted by molar-refractivity contribution is 7.05. The van der Waals surface area contributed by atoms with Crippen LogP contribution in [-0.2, 0) is 19.9 Å². The normalized spacial score (nSPS) is 12.9. The van der Waals surface area contributed by atoms with Crippen LogP contribution in [0.1, 0.15) is 35.8 Å². The second kappa shape index (κ2) is 5.37. The highest BCUT2D eigenvalue weighted by Crippen LogP contribution is 2.24. The number of aromatic nitrogens is 4. The zero-order chi connectivity index (χ0) is 12.3. The number of nitrogens with zero attached hydrogens (tertiary/aromatic N) is 4. The largest absolute Gasteiger partial charge is 0.387 e. The standard InChI is InChI=1S/C11H16N4OS/c1-3-4-8-11(17-14-13-8)9(16)7-10-12-5-6-15(10)2/h5-6,9,16H,3-4,7H2,1-2H3. The van der Waals surface area contributed by atoms with Gasteiger partial charge < -0.3 is 9.67 Å². The third-order valence-electron chi connectivity index (χ3n) is 2.67. The third-order valence-corrected chi connectivity index (χ3v) is 3.54. The van der Waals surface area contributed by atoms with Crippen molar-refractivity contribution in [3.63, 3.8) is 0 Å². The van der Waals surface area contributed by atoms with E-state index in [9.17, 15) is 5.11 Å². The lowest BCUT2D eigenvalue weighted by Gasteiger charge is -2.09. The molecule has 0 radical (unpaired) electrons. The Hall–Kier alpha value is -1.27. The van der Waals surface area contributed by atoms with E-state index in [1.54, 1.807) is 6.20 Å². The lowest BCUT2D eigenvalue weighted by atomic mass is 10.1. The second-order valence-corrected chi connectivity index (χ2v) is 4.79. The number of hydrogen-bond acceptors (Lipinski definition) is 5. The SMILES string of the molecule is CCCc1nnsc1C(O)Cc1nccn1C. The van der Waals surface area contributed by atoms with Gasteiger partial charge in [-0.05, 0) is 18.0 Å². The number of aliphatic hydroxyl groups is 1. The van der Waals surface area contributed by atoms with Gasteiger partial charge in [0.15, 0.2) is 0 Å². The number of rotatable bonds is 5. The molecule has 1 unspecified atom stereocenters. The first-order chi connectivity index (χ1) is 8.22. The molecule has 0 saturated heterocycles. The van der Waals surface area contributed by atoms with Gasteiger partial charge in [0.2, 0.25) is 0 Å². The zero-order valence-corrected chi connectivity index (χ0v) is 10.8. The van der Waals surface area contributed by atoms with Crippen molar-refractivity contribution < 1.29 is 5.11 Å².